The van der Waals surface area contributed by atoms with E-state index in [2.05, 4.69) is 0 Å². The zero-order chi connectivity index (χ0) is 24.7. The number of para-hydroxylation sites is 1. The number of hydrogen-bond donors (Lipinski definition) is 1. The number of ether oxygens (including phenoxy) is 2. The van der Waals surface area contributed by atoms with Crippen LogP contribution < -0.4 is 19.3 Å². The molecule has 0 aromatic heterocycles. The number of aryl methyl sites for hydroxylation is 1. The first kappa shape index (κ1) is 22.5. The summed E-state index contributed by atoms with van der Waals surface area (Å²) in [6.45, 7) is 3.20. The van der Waals surface area contributed by atoms with Crippen molar-refractivity contribution < 1.29 is 24.2 Å². The molecule has 2 aliphatic rings. The molecule has 2 aliphatic heterocycles. The van der Waals surface area contributed by atoms with E-state index in [1.807, 2.05) is 49.2 Å². The second kappa shape index (κ2) is 8.83. The van der Waals surface area contributed by atoms with Crippen LogP contribution in [-0.4, -0.2) is 44.1 Å². The van der Waals surface area contributed by atoms with Gasteiger partial charge in [0, 0.05) is 23.9 Å². The Labute approximate surface area is 203 Å². The summed E-state index contributed by atoms with van der Waals surface area (Å²) in [5.41, 5.74) is 3.38. The molecule has 3 aromatic carbocycles. The molecule has 178 valence electrons. The molecule has 35 heavy (non-hydrogen) atoms. The molecule has 0 saturated carbocycles. The van der Waals surface area contributed by atoms with E-state index in [9.17, 15) is 14.7 Å². The van der Waals surface area contributed by atoms with E-state index in [-0.39, 0.29) is 11.3 Å². The lowest BCUT2D eigenvalue weighted by Gasteiger charge is -2.28. The van der Waals surface area contributed by atoms with Crippen LogP contribution in [0.3, 0.4) is 0 Å². The van der Waals surface area contributed by atoms with Crippen molar-refractivity contribution in [1.29, 1.82) is 0 Å². The van der Waals surface area contributed by atoms with Crippen LogP contribution in [0, 0.1) is 6.92 Å². The zero-order valence-electron chi connectivity index (χ0n) is 19.8. The van der Waals surface area contributed by atoms with E-state index in [4.69, 9.17) is 9.47 Å². The summed E-state index contributed by atoms with van der Waals surface area (Å²) in [6, 6.07) is 19.0. The van der Waals surface area contributed by atoms with Crippen molar-refractivity contribution >= 4 is 28.8 Å². The fraction of sp³-hybridized carbons (Fsp3) is 0.214. The van der Waals surface area contributed by atoms with Crippen LogP contribution in [0.25, 0.3) is 5.76 Å². The standard InChI is InChI=1S/C28H26N2O5/c1-17-7-6-8-19(15-17)30-25(20-9-4-5-10-22(20)34-3)24(27(32)28(30)33)26(31)18-11-12-23-21(16-18)29(2)13-14-35-23/h4-12,15-16,25,31H,13-14H2,1-3H3/b26-24+. The molecule has 5 rings (SSSR count). The number of methoxy groups -OCH3 is 1. The van der Waals surface area contributed by atoms with Gasteiger partial charge in [0.05, 0.1) is 31.0 Å². The second-order valence-corrected chi connectivity index (χ2v) is 8.70. The van der Waals surface area contributed by atoms with Crippen LogP contribution in [-0.2, 0) is 9.59 Å². The van der Waals surface area contributed by atoms with Gasteiger partial charge in [-0.3, -0.25) is 14.5 Å². The second-order valence-electron chi connectivity index (χ2n) is 8.70. The van der Waals surface area contributed by atoms with Crippen molar-refractivity contribution in [1.82, 2.24) is 0 Å². The van der Waals surface area contributed by atoms with E-state index < -0.39 is 17.7 Å². The highest BCUT2D eigenvalue weighted by Gasteiger charge is 2.48. The van der Waals surface area contributed by atoms with Crippen molar-refractivity contribution in [2.45, 2.75) is 13.0 Å². The molecule has 1 fully saturated rings. The Bertz CT molecular complexity index is 1360. The summed E-state index contributed by atoms with van der Waals surface area (Å²) >= 11 is 0. The van der Waals surface area contributed by atoms with Crippen LogP contribution in [0.15, 0.2) is 72.3 Å². The van der Waals surface area contributed by atoms with E-state index in [0.29, 0.717) is 41.5 Å². The Balaban J connectivity index is 1.73. The topological polar surface area (TPSA) is 79.3 Å². The molecule has 7 heteroatoms. The minimum absolute atomic E-state index is 0.0142. The quantitative estimate of drug-likeness (QED) is 0.345. The highest BCUT2D eigenvalue weighted by atomic mass is 16.5. The van der Waals surface area contributed by atoms with E-state index in [1.54, 1.807) is 36.4 Å². The average Bonchev–Trinajstić information content (AvgIpc) is 3.13. The van der Waals surface area contributed by atoms with Crippen molar-refractivity contribution in [2.75, 3.05) is 37.1 Å². The monoisotopic (exact) mass is 470 g/mol. The van der Waals surface area contributed by atoms with Crippen LogP contribution in [0.5, 0.6) is 11.5 Å². The van der Waals surface area contributed by atoms with Gasteiger partial charge in [0.2, 0.25) is 0 Å². The molecule has 1 saturated heterocycles. The third kappa shape index (κ3) is 3.79. The van der Waals surface area contributed by atoms with Gasteiger partial charge in [0.1, 0.15) is 23.9 Å². The third-order valence-electron chi connectivity index (χ3n) is 6.49. The highest BCUT2D eigenvalue weighted by molar-refractivity contribution is 6.51. The maximum atomic E-state index is 13.4. The number of aliphatic hydroxyl groups excluding tert-OH is 1. The molecule has 2 heterocycles. The number of likely N-dealkylation sites (N-methyl/N-ethyl adjacent to an activating group) is 1. The van der Waals surface area contributed by atoms with Gasteiger partial charge in [-0.05, 0) is 48.9 Å². The number of carbonyl (C=O) groups is 2. The van der Waals surface area contributed by atoms with Crippen LogP contribution in [0.2, 0.25) is 0 Å². The lowest BCUT2D eigenvalue weighted by Crippen LogP contribution is -2.29. The number of ketones is 1. The number of fused-ring (bicyclic) bond motifs is 1. The smallest absolute Gasteiger partial charge is 0.300 e. The van der Waals surface area contributed by atoms with E-state index >= 15 is 0 Å². The average molecular weight is 471 g/mol. The number of nitrogens with zero attached hydrogens (tertiary/aromatic N) is 2. The molecule has 1 N–H and O–H groups in total. The van der Waals surface area contributed by atoms with Gasteiger partial charge in [-0.25, -0.2) is 0 Å². The number of hydrogen-bond acceptors (Lipinski definition) is 6. The lowest BCUT2D eigenvalue weighted by molar-refractivity contribution is -0.132. The number of carbonyl (C=O) groups excluding carboxylic acids is 2. The van der Waals surface area contributed by atoms with Crippen molar-refractivity contribution in [3.8, 4) is 11.5 Å². The number of aliphatic hydroxyl groups is 1. The highest BCUT2D eigenvalue weighted by Crippen LogP contribution is 2.45. The molecular weight excluding hydrogens is 444 g/mol. The molecule has 0 radical (unpaired) electrons. The predicted molar refractivity (Wildman–Crippen MR) is 134 cm³/mol. The lowest BCUT2D eigenvalue weighted by atomic mass is 9.94. The summed E-state index contributed by atoms with van der Waals surface area (Å²) in [7, 11) is 3.48. The number of benzene rings is 3. The van der Waals surface area contributed by atoms with Gasteiger partial charge >= 0.3 is 0 Å². The Kier molecular flexibility index (Phi) is 5.68. The minimum Gasteiger partial charge on any atom is -0.507 e. The Morgan fingerprint density at radius 1 is 1.06 bits per heavy atom. The Morgan fingerprint density at radius 2 is 1.86 bits per heavy atom. The van der Waals surface area contributed by atoms with Crippen LogP contribution >= 0.6 is 0 Å². The maximum Gasteiger partial charge on any atom is 0.300 e. The molecule has 3 aromatic rings. The molecule has 7 nitrogen and oxygen atoms in total. The minimum atomic E-state index is -0.863. The molecular formula is C28H26N2O5. The van der Waals surface area contributed by atoms with Gasteiger partial charge in [0.25, 0.3) is 11.7 Å². The van der Waals surface area contributed by atoms with Crippen molar-refractivity contribution in [3.05, 3.63) is 89.0 Å². The van der Waals surface area contributed by atoms with Gasteiger partial charge < -0.3 is 19.5 Å². The molecule has 1 atom stereocenters. The summed E-state index contributed by atoms with van der Waals surface area (Å²) < 4.78 is 11.3. The molecule has 0 bridgehead atoms. The normalized spacial score (nSPS) is 18.9. The molecule has 0 spiro atoms. The Morgan fingerprint density at radius 3 is 2.63 bits per heavy atom. The first-order valence-electron chi connectivity index (χ1n) is 11.4. The van der Waals surface area contributed by atoms with Gasteiger partial charge in [-0.15, -0.1) is 0 Å². The number of rotatable bonds is 4. The fourth-order valence-electron chi connectivity index (χ4n) is 4.72. The maximum absolute atomic E-state index is 13.4. The Hall–Kier alpha value is -4.26. The molecule has 1 amide bonds. The number of anilines is 2. The van der Waals surface area contributed by atoms with E-state index in [0.717, 1.165) is 11.3 Å². The summed E-state index contributed by atoms with van der Waals surface area (Å²) in [5, 5.41) is 11.5. The number of amides is 1. The summed E-state index contributed by atoms with van der Waals surface area (Å²) in [5.74, 6) is -0.469. The zero-order valence-corrected chi connectivity index (χ0v) is 19.8. The van der Waals surface area contributed by atoms with Gasteiger partial charge in [-0.2, -0.15) is 0 Å². The SMILES string of the molecule is COc1ccccc1C1/C(=C(\O)c2ccc3c(c2)N(C)CCO3)C(=O)C(=O)N1c1cccc(C)c1. The molecule has 1 unspecified atom stereocenters. The first-order valence-corrected chi connectivity index (χ1v) is 11.4. The third-order valence-corrected chi connectivity index (χ3v) is 6.49. The van der Waals surface area contributed by atoms with Crippen molar-refractivity contribution in [2.24, 2.45) is 0 Å². The van der Waals surface area contributed by atoms with Crippen LogP contribution in [0.1, 0.15) is 22.7 Å². The van der Waals surface area contributed by atoms with Gasteiger partial charge in [-0.1, -0.05) is 30.3 Å². The first-order chi connectivity index (χ1) is 16.9. The molecule has 0 aliphatic carbocycles. The summed E-state index contributed by atoms with van der Waals surface area (Å²) in [6.07, 6.45) is 0. The van der Waals surface area contributed by atoms with Crippen LogP contribution in [0.4, 0.5) is 11.4 Å². The largest absolute Gasteiger partial charge is 0.507 e. The summed E-state index contributed by atoms with van der Waals surface area (Å²) in [4.78, 5) is 30.3. The fourth-order valence-corrected chi connectivity index (χ4v) is 4.72. The number of Topliss-reactive ketones (excluding diaryl/α,β-unsaturated/α-hetero) is 1. The van der Waals surface area contributed by atoms with Crippen molar-refractivity contribution in [3.63, 3.8) is 0 Å². The van der Waals surface area contributed by atoms with Gasteiger partial charge in [0.15, 0.2) is 0 Å². The predicted octanol–water partition coefficient (Wildman–Crippen LogP) is 4.46. The van der Waals surface area contributed by atoms with E-state index in [1.165, 1.54) is 12.0 Å².